The van der Waals surface area contributed by atoms with Crippen LogP contribution in [0.15, 0.2) is 30.3 Å². The zero-order valence-electron chi connectivity index (χ0n) is 12.6. The van der Waals surface area contributed by atoms with Crippen LogP contribution in [0.5, 0.6) is 0 Å². The molecule has 1 aliphatic rings. The molecule has 1 heterocycles. The fourth-order valence-electron chi connectivity index (χ4n) is 2.25. The number of rotatable bonds is 6. The second-order valence-electron chi connectivity index (χ2n) is 5.04. The maximum absolute atomic E-state index is 11.9. The fourth-order valence-corrected chi connectivity index (χ4v) is 2.25. The quantitative estimate of drug-likeness (QED) is 0.798. The second-order valence-corrected chi connectivity index (χ2v) is 5.04. The van der Waals surface area contributed by atoms with E-state index in [1.807, 2.05) is 30.3 Å². The molecule has 0 aliphatic carbocycles. The van der Waals surface area contributed by atoms with Gasteiger partial charge in [0.25, 0.3) is 0 Å². The molecule has 1 fully saturated rings. The van der Waals surface area contributed by atoms with Crippen LogP contribution in [0.25, 0.3) is 0 Å². The topological polar surface area (TPSA) is 67.6 Å². The molecular weight excluding hydrogens is 325 g/mol. The van der Waals surface area contributed by atoms with Gasteiger partial charge in [-0.05, 0) is 12.0 Å². The third-order valence-corrected chi connectivity index (χ3v) is 3.47. The van der Waals surface area contributed by atoms with E-state index in [9.17, 15) is 4.79 Å². The Kier molecular flexibility index (Phi) is 11.2. The molecule has 1 saturated heterocycles. The molecule has 22 heavy (non-hydrogen) atoms. The van der Waals surface area contributed by atoms with E-state index in [0.717, 1.165) is 38.4 Å². The van der Waals surface area contributed by atoms with Gasteiger partial charge in [0.2, 0.25) is 5.91 Å². The van der Waals surface area contributed by atoms with Crippen LogP contribution in [0.3, 0.4) is 0 Å². The van der Waals surface area contributed by atoms with Crippen molar-refractivity contribution in [3.05, 3.63) is 35.9 Å². The number of benzene rings is 1. The first-order valence-corrected chi connectivity index (χ1v) is 7.13. The number of halogens is 2. The van der Waals surface area contributed by atoms with Crippen LogP contribution in [0, 0.1) is 0 Å². The van der Waals surface area contributed by atoms with E-state index in [4.69, 9.17) is 10.5 Å². The summed E-state index contributed by atoms with van der Waals surface area (Å²) in [6.07, 6.45) is 0.574. The van der Waals surface area contributed by atoms with E-state index in [0.29, 0.717) is 13.0 Å². The van der Waals surface area contributed by atoms with Crippen LogP contribution < -0.4 is 11.1 Å². The van der Waals surface area contributed by atoms with Gasteiger partial charge in [0.05, 0.1) is 19.3 Å². The molecule has 7 heteroatoms. The van der Waals surface area contributed by atoms with E-state index in [-0.39, 0.29) is 30.7 Å². The Morgan fingerprint density at radius 2 is 1.86 bits per heavy atom. The van der Waals surface area contributed by atoms with Gasteiger partial charge in [-0.2, -0.15) is 0 Å². The van der Waals surface area contributed by atoms with Crippen molar-refractivity contribution in [1.29, 1.82) is 0 Å². The number of nitrogens with one attached hydrogen (secondary N) is 1. The van der Waals surface area contributed by atoms with Gasteiger partial charge >= 0.3 is 0 Å². The van der Waals surface area contributed by atoms with Crippen LogP contribution in [-0.4, -0.2) is 56.2 Å². The highest BCUT2D eigenvalue weighted by Crippen LogP contribution is 2.02. The van der Waals surface area contributed by atoms with Gasteiger partial charge in [-0.1, -0.05) is 30.3 Å². The normalized spacial score (nSPS) is 16.0. The molecule has 1 amide bonds. The molecule has 2 rings (SSSR count). The number of carbonyl (C=O) groups is 1. The number of carbonyl (C=O) groups excluding carboxylic acids is 1. The molecule has 1 unspecified atom stereocenters. The Morgan fingerprint density at radius 1 is 1.23 bits per heavy atom. The van der Waals surface area contributed by atoms with Gasteiger partial charge < -0.3 is 15.8 Å². The number of hydrogen-bond donors (Lipinski definition) is 2. The lowest BCUT2D eigenvalue weighted by molar-refractivity contribution is -0.122. The smallest absolute Gasteiger partial charge is 0.237 e. The molecule has 1 atom stereocenters. The summed E-state index contributed by atoms with van der Waals surface area (Å²) in [4.78, 5) is 14.2. The van der Waals surface area contributed by atoms with Crippen molar-refractivity contribution >= 4 is 30.7 Å². The second kappa shape index (κ2) is 11.7. The zero-order chi connectivity index (χ0) is 14.2. The van der Waals surface area contributed by atoms with Crippen LogP contribution in [0.4, 0.5) is 0 Å². The minimum absolute atomic E-state index is 0. The Hall–Kier alpha value is -0.850. The Labute approximate surface area is 144 Å². The zero-order valence-corrected chi connectivity index (χ0v) is 14.2. The summed E-state index contributed by atoms with van der Waals surface area (Å²) in [5.74, 6) is -0.0814. The van der Waals surface area contributed by atoms with Crippen molar-refractivity contribution in [3.8, 4) is 0 Å². The highest BCUT2D eigenvalue weighted by Gasteiger charge is 2.14. The van der Waals surface area contributed by atoms with Gasteiger partial charge in [-0.15, -0.1) is 24.8 Å². The van der Waals surface area contributed by atoms with Crippen molar-refractivity contribution in [1.82, 2.24) is 10.2 Å². The van der Waals surface area contributed by atoms with Gasteiger partial charge in [0.1, 0.15) is 0 Å². The number of nitrogens with zero attached hydrogens (tertiary/aromatic N) is 1. The van der Waals surface area contributed by atoms with Gasteiger partial charge in [0.15, 0.2) is 0 Å². The molecule has 126 valence electrons. The first-order valence-electron chi connectivity index (χ1n) is 7.13. The van der Waals surface area contributed by atoms with Crippen molar-refractivity contribution in [3.63, 3.8) is 0 Å². The maximum atomic E-state index is 11.9. The van der Waals surface area contributed by atoms with Crippen LogP contribution in [0.2, 0.25) is 0 Å². The van der Waals surface area contributed by atoms with Gasteiger partial charge in [0, 0.05) is 26.2 Å². The lowest BCUT2D eigenvalue weighted by Crippen LogP contribution is -2.46. The molecule has 0 spiro atoms. The van der Waals surface area contributed by atoms with Crippen molar-refractivity contribution in [2.75, 3.05) is 39.4 Å². The van der Waals surface area contributed by atoms with E-state index < -0.39 is 6.04 Å². The van der Waals surface area contributed by atoms with E-state index in [1.54, 1.807) is 0 Å². The van der Waals surface area contributed by atoms with Gasteiger partial charge in [-0.3, -0.25) is 9.69 Å². The third kappa shape index (κ3) is 7.42. The molecule has 5 nitrogen and oxygen atoms in total. The number of morpholine rings is 1. The average Bonchev–Trinajstić information content (AvgIpc) is 2.49. The first kappa shape index (κ1) is 21.1. The fraction of sp³-hybridized carbons (Fsp3) is 0.533. The monoisotopic (exact) mass is 349 g/mol. The molecule has 3 N–H and O–H groups in total. The molecule has 0 radical (unpaired) electrons. The summed E-state index contributed by atoms with van der Waals surface area (Å²) in [5.41, 5.74) is 7.01. The average molecular weight is 350 g/mol. The van der Waals surface area contributed by atoms with Gasteiger partial charge in [-0.25, -0.2) is 0 Å². The summed E-state index contributed by atoms with van der Waals surface area (Å²) in [6.45, 7) is 4.93. The molecular formula is C15H25Cl2N3O2. The highest BCUT2D eigenvalue weighted by atomic mass is 35.5. The summed E-state index contributed by atoms with van der Waals surface area (Å²) in [7, 11) is 0. The number of nitrogens with two attached hydrogens (primary N) is 1. The number of ether oxygens (including phenoxy) is 1. The van der Waals surface area contributed by atoms with Crippen molar-refractivity contribution < 1.29 is 9.53 Å². The number of hydrogen-bond acceptors (Lipinski definition) is 4. The molecule has 1 aromatic rings. The Balaban J connectivity index is 0.00000220. The molecule has 1 aliphatic heterocycles. The SMILES string of the molecule is Cl.Cl.NC(Cc1ccccc1)C(=O)NCCN1CCOCC1. The predicted octanol–water partition coefficient (Wildman–Crippen LogP) is 0.848. The minimum atomic E-state index is -0.484. The summed E-state index contributed by atoms with van der Waals surface area (Å²) in [6, 6.07) is 9.36. The summed E-state index contributed by atoms with van der Waals surface area (Å²) >= 11 is 0. The lowest BCUT2D eigenvalue weighted by Gasteiger charge is -2.26. The van der Waals surface area contributed by atoms with E-state index >= 15 is 0 Å². The van der Waals surface area contributed by atoms with Crippen LogP contribution in [-0.2, 0) is 16.0 Å². The molecule has 0 saturated carbocycles. The molecule has 0 bridgehead atoms. The predicted molar refractivity (Wildman–Crippen MR) is 92.9 cm³/mol. The standard InChI is InChI=1S/C15H23N3O2.2ClH/c16-14(12-13-4-2-1-3-5-13)15(19)17-6-7-18-8-10-20-11-9-18;;/h1-5,14H,6-12,16H2,(H,17,19);2*1H. The van der Waals surface area contributed by atoms with Crippen molar-refractivity contribution in [2.24, 2.45) is 5.73 Å². The largest absolute Gasteiger partial charge is 0.379 e. The van der Waals surface area contributed by atoms with Crippen molar-refractivity contribution in [2.45, 2.75) is 12.5 Å². The maximum Gasteiger partial charge on any atom is 0.237 e. The molecule has 1 aromatic carbocycles. The summed E-state index contributed by atoms with van der Waals surface area (Å²) in [5, 5.41) is 2.90. The van der Waals surface area contributed by atoms with Crippen LogP contribution in [0.1, 0.15) is 5.56 Å². The minimum Gasteiger partial charge on any atom is -0.379 e. The van der Waals surface area contributed by atoms with E-state index in [2.05, 4.69) is 10.2 Å². The molecule has 0 aromatic heterocycles. The van der Waals surface area contributed by atoms with E-state index in [1.165, 1.54) is 0 Å². The lowest BCUT2D eigenvalue weighted by atomic mass is 10.1. The third-order valence-electron chi connectivity index (χ3n) is 3.47. The number of amides is 1. The van der Waals surface area contributed by atoms with Crippen LogP contribution >= 0.6 is 24.8 Å². The Bertz CT molecular complexity index is 415. The summed E-state index contributed by atoms with van der Waals surface area (Å²) < 4.78 is 5.28. The Morgan fingerprint density at radius 3 is 2.50 bits per heavy atom. The first-order chi connectivity index (χ1) is 9.75. The highest BCUT2D eigenvalue weighted by molar-refractivity contribution is 5.85.